The molecule has 0 radical (unpaired) electrons. The van der Waals surface area contributed by atoms with Gasteiger partial charge < -0.3 is 5.32 Å². The summed E-state index contributed by atoms with van der Waals surface area (Å²) in [5, 5.41) is 7.26. The summed E-state index contributed by atoms with van der Waals surface area (Å²) in [6.45, 7) is 4.98. The van der Waals surface area contributed by atoms with Gasteiger partial charge in [0.2, 0.25) is 0 Å². The Morgan fingerprint density at radius 3 is 3.15 bits per heavy atom. The second-order valence-electron chi connectivity index (χ2n) is 5.63. The number of aromatic nitrogens is 3. The van der Waals surface area contributed by atoms with Crippen molar-refractivity contribution < 1.29 is 4.79 Å². The van der Waals surface area contributed by atoms with Crippen molar-refractivity contribution in [2.45, 2.75) is 39.5 Å². The van der Waals surface area contributed by atoms with Crippen LogP contribution in [0.3, 0.4) is 0 Å². The zero-order chi connectivity index (χ0) is 14.1. The third-order valence-corrected chi connectivity index (χ3v) is 3.94. The maximum Gasteiger partial charge on any atom is 0.256 e. The van der Waals surface area contributed by atoms with Gasteiger partial charge in [-0.2, -0.15) is 5.10 Å². The van der Waals surface area contributed by atoms with Crippen LogP contribution in [0.1, 0.15) is 48.3 Å². The molecule has 1 aliphatic rings. The van der Waals surface area contributed by atoms with E-state index >= 15 is 0 Å². The molecule has 0 saturated carbocycles. The van der Waals surface area contributed by atoms with E-state index in [-0.39, 0.29) is 5.91 Å². The lowest BCUT2D eigenvalue weighted by Gasteiger charge is -2.21. The average Bonchev–Trinajstić information content (AvgIpc) is 2.88. The maximum absolute atomic E-state index is 12.1. The van der Waals surface area contributed by atoms with Crippen molar-refractivity contribution in [3.63, 3.8) is 0 Å². The van der Waals surface area contributed by atoms with Crippen molar-refractivity contribution in [2.75, 3.05) is 6.54 Å². The zero-order valence-electron chi connectivity index (χ0n) is 12.0. The molecule has 0 aliphatic heterocycles. The van der Waals surface area contributed by atoms with Crippen LogP contribution in [0, 0.1) is 5.92 Å². The van der Waals surface area contributed by atoms with Gasteiger partial charge in [0.1, 0.15) is 5.56 Å². The molecular formula is C15H20N4O. The summed E-state index contributed by atoms with van der Waals surface area (Å²) in [4.78, 5) is 16.6. The van der Waals surface area contributed by atoms with E-state index in [0.29, 0.717) is 23.7 Å². The van der Waals surface area contributed by atoms with E-state index in [1.165, 1.54) is 17.7 Å². The highest BCUT2D eigenvalue weighted by molar-refractivity contribution is 5.99. The van der Waals surface area contributed by atoms with Crippen molar-refractivity contribution in [1.29, 1.82) is 0 Å². The Bertz CT molecular complexity index is 647. The normalized spacial score (nSPS) is 18.0. The van der Waals surface area contributed by atoms with Crippen LogP contribution in [-0.2, 0) is 12.8 Å². The fourth-order valence-corrected chi connectivity index (χ4v) is 2.80. The quantitative estimate of drug-likeness (QED) is 0.929. The van der Waals surface area contributed by atoms with Gasteiger partial charge >= 0.3 is 0 Å². The molecule has 2 heterocycles. The highest BCUT2D eigenvalue weighted by atomic mass is 16.1. The number of hydrogen-bond acceptors (Lipinski definition) is 3. The first-order valence-corrected chi connectivity index (χ1v) is 7.33. The number of aryl methyl sites for hydroxylation is 1. The molecule has 2 aromatic rings. The largest absolute Gasteiger partial charge is 0.352 e. The molecule has 0 spiro atoms. The smallest absolute Gasteiger partial charge is 0.256 e. The van der Waals surface area contributed by atoms with Gasteiger partial charge in [-0.15, -0.1) is 0 Å². The SMILES string of the molecule is CCCNC(=O)c1cnn2c3c(cnc12)CC(C)CC3. The summed E-state index contributed by atoms with van der Waals surface area (Å²) in [6.07, 6.45) is 7.70. The molecule has 5 nitrogen and oxygen atoms in total. The second-order valence-corrected chi connectivity index (χ2v) is 5.63. The molecule has 3 rings (SSSR count). The van der Waals surface area contributed by atoms with Gasteiger partial charge in [0, 0.05) is 18.4 Å². The van der Waals surface area contributed by atoms with Gasteiger partial charge in [-0.25, -0.2) is 9.50 Å². The Balaban J connectivity index is 2.00. The van der Waals surface area contributed by atoms with Gasteiger partial charge in [0.05, 0.1) is 6.20 Å². The molecule has 0 fully saturated rings. The van der Waals surface area contributed by atoms with E-state index in [4.69, 9.17) is 0 Å². The lowest BCUT2D eigenvalue weighted by molar-refractivity contribution is 0.0955. The lowest BCUT2D eigenvalue weighted by Crippen LogP contribution is -2.24. The molecule has 0 bridgehead atoms. The number of amides is 1. The molecule has 0 saturated heterocycles. The summed E-state index contributed by atoms with van der Waals surface area (Å²) in [5.41, 5.74) is 3.72. The minimum Gasteiger partial charge on any atom is -0.352 e. The van der Waals surface area contributed by atoms with Crippen LogP contribution < -0.4 is 5.32 Å². The Labute approximate surface area is 118 Å². The van der Waals surface area contributed by atoms with E-state index in [9.17, 15) is 4.79 Å². The van der Waals surface area contributed by atoms with Crippen LogP contribution in [0.2, 0.25) is 0 Å². The molecule has 0 aromatic carbocycles. The molecule has 20 heavy (non-hydrogen) atoms. The number of carbonyl (C=O) groups excluding carboxylic acids is 1. The summed E-state index contributed by atoms with van der Waals surface area (Å²) < 4.78 is 1.85. The standard InChI is InChI=1S/C15H20N4O/c1-3-6-16-15(20)12-9-18-19-13-5-4-10(2)7-11(13)8-17-14(12)19/h8-10H,3-7H2,1-2H3,(H,16,20). The van der Waals surface area contributed by atoms with Crippen molar-refractivity contribution in [2.24, 2.45) is 5.92 Å². The van der Waals surface area contributed by atoms with E-state index in [2.05, 4.69) is 22.3 Å². The van der Waals surface area contributed by atoms with Crippen LogP contribution in [0.15, 0.2) is 12.4 Å². The van der Waals surface area contributed by atoms with Gasteiger partial charge in [0.15, 0.2) is 5.65 Å². The molecule has 2 aromatic heterocycles. The first-order valence-electron chi connectivity index (χ1n) is 7.33. The van der Waals surface area contributed by atoms with Crippen LogP contribution >= 0.6 is 0 Å². The average molecular weight is 272 g/mol. The minimum absolute atomic E-state index is 0.0847. The number of nitrogens with one attached hydrogen (secondary N) is 1. The van der Waals surface area contributed by atoms with Crippen molar-refractivity contribution in [3.8, 4) is 0 Å². The molecular weight excluding hydrogens is 252 g/mol. The highest BCUT2D eigenvalue weighted by Gasteiger charge is 2.21. The molecule has 1 atom stereocenters. The van der Waals surface area contributed by atoms with Crippen LogP contribution in [0.4, 0.5) is 0 Å². The van der Waals surface area contributed by atoms with Crippen LogP contribution in [0.5, 0.6) is 0 Å². The number of rotatable bonds is 3. The van der Waals surface area contributed by atoms with Crippen molar-refractivity contribution >= 4 is 11.6 Å². The first-order chi connectivity index (χ1) is 9.70. The van der Waals surface area contributed by atoms with Gasteiger partial charge in [-0.05, 0) is 37.2 Å². The zero-order valence-corrected chi connectivity index (χ0v) is 12.0. The maximum atomic E-state index is 12.1. The predicted molar refractivity (Wildman–Crippen MR) is 76.8 cm³/mol. The third-order valence-electron chi connectivity index (χ3n) is 3.94. The van der Waals surface area contributed by atoms with Crippen LogP contribution in [0.25, 0.3) is 5.65 Å². The predicted octanol–water partition coefficient (Wildman–Crippen LogP) is 1.99. The Morgan fingerprint density at radius 1 is 1.50 bits per heavy atom. The number of carbonyl (C=O) groups is 1. The van der Waals surface area contributed by atoms with Gasteiger partial charge in [0.25, 0.3) is 5.91 Å². The minimum atomic E-state index is -0.0847. The lowest BCUT2D eigenvalue weighted by atomic mass is 9.89. The van der Waals surface area contributed by atoms with Gasteiger partial charge in [-0.1, -0.05) is 13.8 Å². The summed E-state index contributed by atoms with van der Waals surface area (Å²) >= 11 is 0. The van der Waals surface area contributed by atoms with Crippen molar-refractivity contribution in [1.82, 2.24) is 19.9 Å². The molecule has 106 valence electrons. The van der Waals surface area contributed by atoms with E-state index in [0.717, 1.165) is 19.3 Å². The molecule has 1 aliphatic carbocycles. The van der Waals surface area contributed by atoms with E-state index < -0.39 is 0 Å². The molecule has 1 amide bonds. The summed E-state index contributed by atoms with van der Waals surface area (Å²) in [5.74, 6) is 0.614. The number of hydrogen-bond donors (Lipinski definition) is 1. The topological polar surface area (TPSA) is 59.3 Å². The number of fused-ring (bicyclic) bond motifs is 3. The van der Waals surface area contributed by atoms with E-state index in [1.807, 2.05) is 17.6 Å². The first kappa shape index (κ1) is 13.1. The van der Waals surface area contributed by atoms with Crippen LogP contribution in [-0.4, -0.2) is 27.0 Å². The summed E-state index contributed by atoms with van der Waals surface area (Å²) in [7, 11) is 0. The number of nitrogens with zero attached hydrogens (tertiary/aromatic N) is 3. The molecule has 5 heteroatoms. The molecule has 1 unspecified atom stereocenters. The Kier molecular flexibility index (Phi) is 3.42. The summed E-state index contributed by atoms with van der Waals surface area (Å²) in [6, 6.07) is 0. The van der Waals surface area contributed by atoms with E-state index in [1.54, 1.807) is 6.20 Å². The third kappa shape index (κ3) is 2.17. The Morgan fingerprint density at radius 2 is 2.35 bits per heavy atom. The highest BCUT2D eigenvalue weighted by Crippen LogP contribution is 2.25. The molecule has 1 N–H and O–H groups in total. The second kappa shape index (κ2) is 5.23. The van der Waals surface area contributed by atoms with Crippen molar-refractivity contribution in [3.05, 3.63) is 29.2 Å². The fourth-order valence-electron chi connectivity index (χ4n) is 2.80. The van der Waals surface area contributed by atoms with Gasteiger partial charge in [-0.3, -0.25) is 4.79 Å². The Hall–Kier alpha value is -1.91. The fraction of sp³-hybridized carbons (Fsp3) is 0.533. The monoisotopic (exact) mass is 272 g/mol.